The first kappa shape index (κ1) is 24.5. The molecule has 1 amide bonds. The summed E-state index contributed by atoms with van der Waals surface area (Å²) in [6, 6.07) is 16.3. The standard InChI is InChI=1S/C28H32N2O5/c1-22-5-7-24(8-6-22)11-14-27-29-25(21-35-27)20-34-26-12-9-23(10-13-26)4-2-3-17-33-28(31)30-15-18-32-19-16-30/h5-14,21H,2-4,15-20H2,1H3/b14-11+. The molecule has 7 heteroatoms. The molecular weight excluding hydrogens is 444 g/mol. The van der Waals surface area contributed by atoms with E-state index >= 15 is 0 Å². The molecule has 1 fully saturated rings. The van der Waals surface area contributed by atoms with Gasteiger partial charge in [0.1, 0.15) is 24.3 Å². The fourth-order valence-electron chi connectivity index (χ4n) is 3.65. The monoisotopic (exact) mass is 476 g/mol. The Balaban J connectivity index is 1.13. The number of hydrogen-bond donors (Lipinski definition) is 0. The van der Waals surface area contributed by atoms with Gasteiger partial charge in [-0.1, -0.05) is 42.0 Å². The predicted octanol–water partition coefficient (Wildman–Crippen LogP) is 5.52. The maximum absolute atomic E-state index is 12.0. The van der Waals surface area contributed by atoms with Gasteiger partial charge in [-0.15, -0.1) is 0 Å². The van der Waals surface area contributed by atoms with Crippen molar-refractivity contribution >= 4 is 18.2 Å². The molecule has 4 rings (SSSR count). The second kappa shape index (κ2) is 12.8. The van der Waals surface area contributed by atoms with Gasteiger partial charge in [-0.2, -0.15) is 0 Å². The summed E-state index contributed by atoms with van der Waals surface area (Å²) in [5.41, 5.74) is 4.29. The number of oxazole rings is 1. The molecule has 0 saturated carbocycles. The van der Waals surface area contributed by atoms with E-state index < -0.39 is 0 Å². The zero-order chi connectivity index (χ0) is 24.3. The lowest BCUT2D eigenvalue weighted by Gasteiger charge is -2.25. The summed E-state index contributed by atoms with van der Waals surface area (Å²) in [6.45, 7) is 5.23. The summed E-state index contributed by atoms with van der Waals surface area (Å²) in [5, 5.41) is 0. The Bertz CT molecular complexity index is 1080. The molecule has 0 unspecified atom stereocenters. The maximum atomic E-state index is 12.0. The molecule has 184 valence electrons. The maximum Gasteiger partial charge on any atom is 0.409 e. The number of ether oxygens (including phenoxy) is 3. The molecule has 0 atom stereocenters. The third-order valence-electron chi connectivity index (χ3n) is 5.73. The lowest BCUT2D eigenvalue weighted by molar-refractivity contribution is 0.0268. The lowest BCUT2D eigenvalue weighted by Crippen LogP contribution is -2.41. The quantitative estimate of drug-likeness (QED) is 0.359. The van der Waals surface area contributed by atoms with E-state index in [0.29, 0.717) is 45.4 Å². The number of carbonyl (C=O) groups is 1. The molecule has 1 saturated heterocycles. The highest BCUT2D eigenvalue weighted by Gasteiger charge is 2.17. The van der Waals surface area contributed by atoms with Gasteiger partial charge in [0, 0.05) is 19.2 Å². The highest BCUT2D eigenvalue weighted by atomic mass is 16.6. The van der Waals surface area contributed by atoms with Crippen LogP contribution in [0.3, 0.4) is 0 Å². The minimum atomic E-state index is -0.240. The molecule has 1 aliphatic rings. The molecular formula is C28H32N2O5. The normalized spacial score (nSPS) is 13.8. The first-order valence-electron chi connectivity index (χ1n) is 12.1. The molecule has 0 N–H and O–H groups in total. The Hall–Kier alpha value is -3.58. The van der Waals surface area contributed by atoms with Crippen LogP contribution in [0.4, 0.5) is 4.79 Å². The van der Waals surface area contributed by atoms with Gasteiger partial charge in [0.25, 0.3) is 0 Å². The second-order valence-corrected chi connectivity index (χ2v) is 8.52. The topological polar surface area (TPSA) is 74.0 Å². The molecule has 7 nitrogen and oxygen atoms in total. The SMILES string of the molecule is Cc1ccc(/C=C/c2nc(COc3ccc(CCCCOC(=O)N4CCOCC4)cc3)co2)cc1. The molecule has 1 aromatic heterocycles. The number of unbranched alkanes of at least 4 members (excludes halogenated alkanes) is 1. The Kier molecular flexibility index (Phi) is 8.95. The fraction of sp³-hybridized carbons (Fsp3) is 0.357. The van der Waals surface area contributed by atoms with Crippen LogP contribution >= 0.6 is 0 Å². The van der Waals surface area contributed by atoms with Crippen LogP contribution in [0.25, 0.3) is 12.2 Å². The van der Waals surface area contributed by atoms with Crippen LogP contribution in [0, 0.1) is 6.92 Å². The number of aryl methyl sites for hydroxylation is 2. The number of hydrogen-bond acceptors (Lipinski definition) is 6. The van der Waals surface area contributed by atoms with Crippen molar-refractivity contribution in [1.29, 1.82) is 0 Å². The average Bonchev–Trinajstić information content (AvgIpc) is 3.36. The van der Waals surface area contributed by atoms with E-state index in [1.165, 1.54) is 11.1 Å². The molecule has 0 spiro atoms. The van der Waals surface area contributed by atoms with E-state index in [9.17, 15) is 4.79 Å². The summed E-state index contributed by atoms with van der Waals surface area (Å²) in [7, 11) is 0. The van der Waals surface area contributed by atoms with E-state index in [0.717, 1.165) is 36.3 Å². The number of rotatable bonds is 10. The molecule has 3 aromatic rings. The largest absolute Gasteiger partial charge is 0.487 e. The molecule has 2 heterocycles. The molecule has 0 aliphatic carbocycles. The van der Waals surface area contributed by atoms with Crippen molar-refractivity contribution < 1.29 is 23.4 Å². The third-order valence-corrected chi connectivity index (χ3v) is 5.73. The van der Waals surface area contributed by atoms with Crippen molar-refractivity contribution in [3.05, 3.63) is 83.1 Å². The Morgan fingerprint density at radius 1 is 1.03 bits per heavy atom. The van der Waals surface area contributed by atoms with Crippen LogP contribution in [0.1, 0.15) is 41.1 Å². The smallest absolute Gasteiger partial charge is 0.409 e. The van der Waals surface area contributed by atoms with E-state index in [1.807, 2.05) is 24.3 Å². The van der Waals surface area contributed by atoms with Crippen LogP contribution in [0.2, 0.25) is 0 Å². The summed E-state index contributed by atoms with van der Waals surface area (Å²) in [6.07, 6.45) is 7.92. The fourth-order valence-corrected chi connectivity index (χ4v) is 3.65. The zero-order valence-corrected chi connectivity index (χ0v) is 20.2. The third kappa shape index (κ3) is 8.00. The first-order valence-corrected chi connectivity index (χ1v) is 12.1. The van der Waals surface area contributed by atoms with E-state index in [4.69, 9.17) is 18.6 Å². The minimum Gasteiger partial charge on any atom is -0.487 e. The van der Waals surface area contributed by atoms with Gasteiger partial charge >= 0.3 is 6.09 Å². The van der Waals surface area contributed by atoms with Gasteiger partial charge in [-0.3, -0.25) is 0 Å². The number of benzene rings is 2. The van der Waals surface area contributed by atoms with E-state index in [-0.39, 0.29) is 6.09 Å². The molecule has 0 bridgehead atoms. The summed E-state index contributed by atoms with van der Waals surface area (Å²) < 4.78 is 22.0. The molecule has 2 aromatic carbocycles. The van der Waals surface area contributed by atoms with Crippen molar-refractivity contribution in [1.82, 2.24) is 9.88 Å². The minimum absolute atomic E-state index is 0.240. The van der Waals surface area contributed by atoms with E-state index in [1.54, 1.807) is 11.2 Å². The number of carbonyl (C=O) groups excluding carboxylic acids is 1. The van der Waals surface area contributed by atoms with Crippen LogP contribution in [0.5, 0.6) is 5.75 Å². The Labute approximate surface area is 206 Å². The summed E-state index contributed by atoms with van der Waals surface area (Å²) >= 11 is 0. The van der Waals surface area contributed by atoms with Crippen LogP contribution in [-0.2, 0) is 22.5 Å². The first-order chi connectivity index (χ1) is 17.2. The number of amides is 1. The lowest BCUT2D eigenvalue weighted by atomic mass is 10.1. The number of nitrogens with zero attached hydrogens (tertiary/aromatic N) is 2. The molecule has 0 radical (unpaired) electrons. The van der Waals surface area contributed by atoms with Gasteiger partial charge in [0.15, 0.2) is 0 Å². The number of morpholine rings is 1. The number of aromatic nitrogens is 1. The van der Waals surface area contributed by atoms with Gasteiger partial charge in [-0.25, -0.2) is 9.78 Å². The predicted molar refractivity (Wildman–Crippen MR) is 134 cm³/mol. The highest BCUT2D eigenvalue weighted by Crippen LogP contribution is 2.16. The zero-order valence-electron chi connectivity index (χ0n) is 20.2. The summed E-state index contributed by atoms with van der Waals surface area (Å²) in [4.78, 5) is 18.1. The van der Waals surface area contributed by atoms with Gasteiger partial charge in [0.05, 0.1) is 19.8 Å². The van der Waals surface area contributed by atoms with Gasteiger partial charge in [-0.05, 0) is 55.5 Å². The van der Waals surface area contributed by atoms with Crippen molar-refractivity contribution in [2.24, 2.45) is 0 Å². The second-order valence-electron chi connectivity index (χ2n) is 8.52. The van der Waals surface area contributed by atoms with Crippen molar-refractivity contribution in [3.63, 3.8) is 0 Å². The van der Waals surface area contributed by atoms with Crippen molar-refractivity contribution in [2.75, 3.05) is 32.9 Å². The van der Waals surface area contributed by atoms with Crippen LogP contribution in [-0.4, -0.2) is 48.9 Å². The summed E-state index contributed by atoms with van der Waals surface area (Å²) in [5.74, 6) is 1.34. The highest BCUT2D eigenvalue weighted by molar-refractivity contribution is 5.67. The van der Waals surface area contributed by atoms with Crippen molar-refractivity contribution in [3.8, 4) is 5.75 Å². The van der Waals surface area contributed by atoms with Crippen LogP contribution in [0.15, 0.2) is 59.2 Å². The molecule has 1 aliphatic heterocycles. The van der Waals surface area contributed by atoms with Gasteiger partial charge < -0.3 is 23.5 Å². The van der Waals surface area contributed by atoms with Crippen LogP contribution < -0.4 is 4.74 Å². The van der Waals surface area contributed by atoms with Crippen molar-refractivity contribution in [2.45, 2.75) is 32.8 Å². The Morgan fingerprint density at radius 3 is 2.57 bits per heavy atom. The van der Waals surface area contributed by atoms with Gasteiger partial charge in [0.2, 0.25) is 5.89 Å². The Morgan fingerprint density at radius 2 is 1.80 bits per heavy atom. The average molecular weight is 477 g/mol. The van der Waals surface area contributed by atoms with E-state index in [2.05, 4.69) is 48.3 Å². The molecule has 35 heavy (non-hydrogen) atoms.